The standard InChI is InChI=1S/C23H16F15NO2S/c1-12-3-9-15(10-4-12)42(40)11-16(39-13-5-7-14(41-2)8-6-13)17(24,25)18(26,27)19(28,29)20(30,31)21(32,33)22(34,35)23(36,37)38/h3-10H,11H2,1-2H3/t42-/m1/s1. The van der Waals surface area contributed by atoms with Gasteiger partial charge < -0.3 is 4.74 Å². The second-order valence-corrected chi connectivity index (χ2v) is 9.95. The molecule has 0 saturated heterocycles. The molecule has 0 aliphatic carbocycles. The van der Waals surface area contributed by atoms with Gasteiger partial charge in [-0.05, 0) is 43.3 Å². The van der Waals surface area contributed by atoms with Crippen LogP contribution in [0.4, 0.5) is 71.5 Å². The maximum absolute atomic E-state index is 15.1. The van der Waals surface area contributed by atoms with Crippen molar-refractivity contribution in [3.63, 3.8) is 0 Å². The molecule has 0 spiro atoms. The van der Waals surface area contributed by atoms with E-state index in [0.717, 1.165) is 43.5 Å². The van der Waals surface area contributed by atoms with Crippen LogP contribution in [0, 0.1) is 6.92 Å². The van der Waals surface area contributed by atoms with Crippen LogP contribution in [0.1, 0.15) is 5.56 Å². The van der Waals surface area contributed by atoms with Crippen LogP contribution in [0.2, 0.25) is 0 Å². The van der Waals surface area contributed by atoms with Crippen LogP contribution in [0.25, 0.3) is 0 Å². The van der Waals surface area contributed by atoms with Crippen molar-refractivity contribution in [2.75, 3.05) is 12.9 Å². The minimum Gasteiger partial charge on any atom is -0.497 e. The molecule has 0 aromatic heterocycles. The Morgan fingerprint density at radius 2 is 1.10 bits per heavy atom. The lowest BCUT2D eigenvalue weighted by Gasteiger charge is -2.41. The first-order chi connectivity index (χ1) is 18.8. The average Bonchev–Trinajstić information content (AvgIpc) is 2.87. The summed E-state index contributed by atoms with van der Waals surface area (Å²) in [5, 5.41) is 0. The minimum atomic E-state index is -8.45. The molecule has 0 radical (unpaired) electrons. The van der Waals surface area contributed by atoms with Crippen LogP contribution in [0.5, 0.6) is 5.75 Å². The van der Waals surface area contributed by atoms with E-state index in [-0.39, 0.29) is 5.75 Å². The molecule has 0 fully saturated rings. The van der Waals surface area contributed by atoms with E-state index in [0.29, 0.717) is 5.56 Å². The van der Waals surface area contributed by atoms with Crippen LogP contribution in [-0.2, 0) is 10.8 Å². The first-order valence-electron chi connectivity index (χ1n) is 10.8. The topological polar surface area (TPSA) is 38.7 Å². The molecule has 0 heterocycles. The van der Waals surface area contributed by atoms with E-state index in [1.54, 1.807) is 0 Å². The van der Waals surface area contributed by atoms with Gasteiger partial charge in [0.2, 0.25) is 0 Å². The van der Waals surface area contributed by atoms with Gasteiger partial charge in [0.05, 0.1) is 29.3 Å². The second-order valence-electron chi connectivity index (χ2n) is 8.50. The molecule has 1 atom stereocenters. The number of hydrogen-bond donors (Lipinski definition) is 0. The Kier molecular flexibility index (Phi) is 9.44. The smallest absolute Gasteiger partial charge is 0.460 e. The molecule has 0 aliphatic rings. The molecule has 0 amide bonds. The zero-order valence-electron chi connectivity index (χ0n) is 20.7. The minimum absolute atomic E-state index is 0.00479. The van der Waals surface area contributed by atoms with Crippen LogP contribution in [-0.4, -0.2) is 64.5 Å². The fraction of sp³-hybridized carbons (Fsp3) is 0.435. The first-order valence-corrected chi connectivity index (χ1v) is 12.1. The quantitative estimate of drug-likeness (QED) is 0.181. The van der Waals surface area contributed by atoms with Gasteiger partial charge in [-0.25, -0.2) is 0 Å². The van der Waals surface area contributed by atoms with Crippen molar-refractivity contribution < 1.29 is 74.8 Å². The lowest BCUT2D eigenvalue weighted by Crippen LogP contribution is -2.73. The van der Waals surface area contributed by atoms with Gasteiger partial charge in [-0.2, -0.15) is 65.9 Å². The molecule has 0 aliphatic heterocycles. The van der Waals surface area contributed by atoms with E-state index < -0.39 is 74.6 Å². The summed E-state index contributed by atoms with van der Waals surface area (Å²) in [7, 11) is -1.78. The van der Waals surface area contributed by atoms with Crippen LogP contribution < -0.4 is 4.74 Å². The van der Waals surface area contributed by atoms with E-state index in [1.807, 2.05) is 0 Å². The first kappa shape index (κ1) is 35.2. The predicted molar refractivity (Wildman–Crippen MR) is 118 cm³/mol. The van der Waals surface area contributed by atoms with Gasteiger partial charge in [-0.1, -0.05) is 17.7 Å². The third-order valence-corrected chi connectivity index (χ3v) is 6.91. The number of benzene rings is 2. The number of alkyl halides is 15. The number of rotatable bonds is 11. The number of hydrogen-bond acceptors (Lipinski definition) is 3. The molecule has 2 rings (SSSR count). The van der Waals surface area contributed by atoms with E-state index in [9.17, 15) is 61.3 Å². The predicted octanol–water partition coefficient (Wildman–Crippen LogP) is 8.26. The van der Waals surface area contributed by atoms with Gasteiger partial charge in [0.25, 0.3) is 0 Å². The summed E-state index contributed by atoms with van der Waals surface area (Å²) in [6, 6.07) is 7.82. The SMILES string of the molecule is COc1ccc(N=C(C[S@@](=O)c2ccc(C)cc2)C(F)(F)C(F)(F)C(F)(F)C(F)(F)C(F)(F)C(F)(F)C(F)(F)F)cc1. The maximum Gasteiger partial charge on any atom is 0.460 e. The molecular weight excluding hydrogens is 639 g/mol. The summed E-state index contributed by atoms with van der Waals surface area (Å²) in [6.45, 7) is 1.50. The summed E-state index contributed by atoms with van der Waals surface area (Å²) in [5.74, 6) is -49.8. The van der Waals surface area contributed by atoms with Crippen molar-refractivity contribution in [1.82, 2.24) is 0 Å². The highest BCUT2D eigenvalue weighted by molar-refractivity contribution is 7.85. The number of halogens is 15. The molecule has 0 bridgehead atoms. The third-order valence-electron chi connectivity index (χ3n) is 5.58. The van der Waals surface area contributed by atoms with Gasteiger partial charge in [-0.3, -0.25) is 9.20 Å². The highest BCUT2D eigenvalue weighted by Gasteiger charge is 2.93. The molecule has 0 unspecified atom stereocenters. The highest BCUT2D eigenvalue weighted by atomic mass is 32.2. The van der Waals surface area contributed by atoms with Gasteiger partial charge in [0, 0.05) is 4.90 Å². The van der Waals surface area contributed by atoms with Crippen molar-refractivity contribution in [1.29, 1.82) is 0 Å². The average molecular weight is 655 g/mol. The van der Waals surface area contributed by atoms with Crippen LogP contribution in [0.3, 0.4) is 0 Å². The molecule has 0 saturated carbocycles. The monoisotopic (exact) mass is 655 g/mol. The molecule has 19 heteroatoms. The number of ether oxygens (including phenoxy) is 1. The number of methoxy groups -OCH3 is 1. The summed E-state index contributed by atoms with van der Waals surface area (Å²) in [5.41, 5.74) is -2.91. The summed E-state index contributed by atoms with van der Waals surface area (Å²) in [6.07, 6.45) is -7.71. The van der Waals surface area contributed by atoms with Crippen molar-refractivity contribution in [3.8, 4) is 5.75 Å². The Hall–Kier alpha value is -2.99. The Balaban J connectivity index is 2.73. The summed E-state index contributed by atoms with van der Waals surface area (Å²) < 4.78 is 224. The van der Waals surface area contributed by atoms with Crippen molar-refractivity contribution in [2.45, 2.75) is 53.5 Å². The molecule has 236 valence electrons. The molecule has 2 aromatic carbocycles. The lowest BCUT2D eigenvalue weighted by molar-refractivity contribution is -0.448. The maximum atomic E-state index is 15.1. The largest absolute Gasteiger partial charge is 0.497 e. The fourth-order valence-electron chi connectivity index (χ4n) is 3.05. The lowest BCUT2D eigenvalue weighted by atomic mass is 9.89. The molecule has 42 heavy (non-hydrogen) atoms. The molecule has 2 aromatic rings. The Bertz CT molecular complexity index is 1300. The summed E-state index contributed by atoms with van der Waals surface area (Å²) >= 11 is 0. The van der Waals surface area contributed by atoms with Crippen LogP contribution >= 0.6 is 0 Å². The van der Waals surface area contributed by atoms with E-state index in [2.05, 4.69) is 4.99 Å². The number of aliphatic imine (C=N–C) groups is 1. The van der Waals surface area contributed by atoms with Crippen molar-refractivity contribution in [3.05, 3.63) is 54.1 Å². The zero-order valence-corrected chi connectivity index (χ0v) is 21.5. The van der Waals surface area contributed by atoms with Crippen molar-refractivity contribution >= 4 is 22.2 Å². The Morgan fingerprint density at radius 3 is 1.52 bits per heavy atom. The van der Waals surface area contributed by atoms with Gasteiger partial charge in [-0.15, -0.1) is 0 Å². The van der Waals surface area contributed by atoms with Gasteiger partial charge in [0.1, 0.15) is 11.5 Å². The molecule has 3 nitrogen and oxygen atoms in total. The number of nitrogens with zero attached hydrogens (tertiary/aromatic N) is 1. The third kappa shape index (κ3) is 5.79. The summed E-state index contributed by atoms with van der Waals surface area (Å²) in [4.78, 5) is 2.52. The van der Waals surface area contributed by atoms with Gasteiger partial charge >= 0.3 is 41.7 Å². The van der Waals surface area contributed by atoms with Crippen LogP contribution in [0.15, 0.2) is 58.4 Å². The van der Waals surface area contributed by atoms with Gasteiger partial charge in [0.15, 0.2) is 0 Å². The number of aryl methyl sites for hydroxylation is 1. The normalized spacial score (nSPS) is 15.5. The molecule has 0 N–H and O–H groups in total. The van der Waals surface area contributed by atoms with E-state index in [4.69, 9.17) is 4.74 Å². The second kappa shape index (κ2) is 11.3. The van der Waals surface area contributed by atoms with E-state index >= 15 is 8.78 Å². The Morgan fingerprint density at radius 1 is 0.667 bits per heavy atom. The van der Waals surface area contributed by atoms with Crippen molar-refractivity contribution in [2.24, 2.45) is 4.99 Å². The molecular formula is C23H16F15NO2S. The fourth-order valence-corrected chi connectivity index (χ4v) is 4.15. The Labute approximate surface area is 228 Å². The highest BCUT2D eigenvalue weighted by Crippen LogP contribution is 2.62. The zero-order chi connectivity index (χ0) is 32.7. The van der Waals surface area contributed by atoms with E-state index in [1.165, 1.54) is 19.1 Å².